The number of sulfonamides is 1. The molecule has 1 fully saturated rings. The number of aryl methyl sites for hydroxylation is 1. The molecule has 0 N–H and O–H groups in total. The molecular weight excluding hydrogens is 350 g/mol. The second-order valence-corrected chi connectivity index (χ2v) is 9.19. The van der Waals surface area contributed by atoms with Crippen molar-refractivity contribution in [1.82, 2.24) is 4.31 Å². The molecule has 25 heavy (non-hydrogen) atoms. The first kappa shape index (κ1) is 20.1. The van der Waals surface area contributed by atoms with Gasteiger partial charge in [-0.2, -0.15) is 4.31 Å². The maximum Gasteiger partial charge on any atom is 0.244 e. The van der Waals surface area contributed by atoms with E-state index in [0.29, 0.717) is 11.4 Å². The predicted molar refractivity (Wildman–Crippen MR) is 107 cm³/mol. The van der Waals surface area contributed by atoms with E-state index in [1.165, 1.54) is 0 Å². The minimum atomic E-state index is -3.54. The van der Waals surface area contributed by atoms with Crippen molar-refractivity contribution in [2.24, 2.45) is 5.92 Å². The van der Waals surface area contributed by atoms with E-state index in [0.717, 1.165) is 36.2 Å². The third-order valence-corrected chi connectivity index (χ3v) is 7.28. The molecule has 2 rings (SSSR count). The third-order valence-electron chi connectivity index (χ3n) is 4.56. The summed E-state index contributed by atoms with van der Waals surface area (Å²) < 4.78 is 27.8. The maximum absolute atomic E-state index is 13.1. The number of unbranched alkanes of at least 4 members (excludes halogenated alkanes) is 2. The van der Waals surface area contributed by atoms with Crippen molar-refractivity contribution >= 4 is 21.8 Å². The van der Waals surface area contributed by atoms with Gasteiger partial charge in [0.15, 0.2) is 0 Å². The average molecular weight is 378 g/mol. The van der Waals surface area contributed by atoms with Gasteiger partial charge in [0.25, 0.3) is 0 Å². The summed E-state index contributed by atoms with van der Waals surface area (Å²) in [6, 6.07) is 6.72. The third kappa shape index (κ3) is 4.69. The van der Waals surface area contributed by atoms with Crippen LogP contribution in [0.5, 0.6) is 0 Å². The lowest BCUT2D eigenvalue weighted by Crippen LogP contribution is -2.37. The highest BCUT2D eigenvalue weighted by Gasteiger charge is 2.41. The van der Waals surface area contributed by atoms with Crippen molar-refractivity contribution in [2.75, 3.05) is 12.8 Å². The van der Waals surface area contributed by atoms with E-state index in [-0.39, 0.29) is 12.0 Å². The van der Waals surface area contributed by atoms with Crippen LogP contribution in [0.15, 0.2) is 40.6 Å². The highest BCUT2D eigenvalue weighted by atomic mass is 32.2. The minimum Gasteiger partial charge on any atom is -0.207 e. The Bertz CT molecular complexity index is 757. The molecule has 3 nitrogen and oxygen atoms in total. The van der Waals surface area contributed by atoms with Crippen molar-refractivity contribution in [3.63, 3.8) is 0 Å². The summed E-state index contributed by atoms with van der Waals surface area (Å²) in [6.07, 6.45) is 5.70. The summed E-state index contributed by atoms with van der Waals surface area (Å²) >= 11 is 1.60. The lowest BCUT2D eigenvalue weighted by Gasteiger charge is -2.24. The number of hydrogen-bond donors (Lipinski definition) is 0. The van der Waals surface area contributed by atoms with Gasteiger partial charge in [-0.25, -0.2) is 8.42 Å². The number of hydrogen-bond acceptors (Lipinski definition) is 3. The van der Waals surface area contributed by atoms with E-state index in [9.17, 15) is 8.42 Å². The van der Waals surface area contributed by atoms with Crippen LogP contribution in [0.25, 0.3) is 0 Å². The van der Waals surface area contributed by atoms with Gasteiger partial charge >= 0.3 is 0 Å². The van der Waals surface area contributed by atoms with Gasteiger partial charge in [-0.3, -0.25) is 0 Å². The summed E-state index contributed by atoms with van der Waals surface area (Å²) in [5.41, 5.74) is 1.05. The summed E-state index contributed by atoms with van der Waals surface area (Å²) in [4.78, 5) is 1.35. The quantitative estimate of drug-likeness (QED) is 0.543. The molecule has 1 saturated heterocycles. The fourth-order valence-electron chi connectivity index (χ4n) is 2.98. The number of benzene rings is 1. The molecule has 0 aliphatic carbocycles. The fraction of sp³-hybridized carbons (Fsp3) is 0.500. The van der Waals surface area contributed by atoms with Crippen LogP contribution in [0, 0.1) is 24.7 Å². The summed E-state index contributed by atoms with van der Waals surface area (Å²) in [7, 11) is -3.54. The van der Waals surface area contributed by atoms with E-state index < -0.39 is 10.0 Å². The number of nitrogens with zero attached hydrogens (tertiary/aromatic N) is 1. The van der Waals surface area contributed by atoms with E-state index in [1.807, 2.05) is 25.3 Å². The minimum absolute atomic E-state index is 0.0874. The van der Waals surface area contributed by atoms with Crippen LogP contribution in [0.1, 0.15) is 38.2 Å². The monoisotopic (exact) mass is 377 g/mol. The second-order valence-electron chi connectivity index (χ2n) is 6.36. The molecule has 1 aliphatic heterocycles. The molecule has 1 aromatic carbocycles. The van der Waals surface area contributed by atoms with Crippen molar-refractivity contribution in [1.29, 1.82) is 0 Å². The molecule has 136 valence electrons. The average Bonchev–Trinajstić information content (AvgIpc) is 3.03. The van der Waals surface area contributed by atoms with Crippen LogP contribution in [-0.2, 0) is 10.0 Å². The Morgan fingerprint density at radius 2 is 2.04 bits per heavy atom. The molecule has 0 spiro atoms. The molecule has 0 radical (unpaired) electrons. The SMILES string of the molecule is C=C(SC)[C@@H]1CCN(S(=O)(=O)c2ccc(C)cc2)[C@H]1C#CCCCC. The Hall–Kier alpha value is -1.22. The van der Waals surface area contributed by atoms with E-state index >= 15 is 0 Å². The molecule has 0 amide bonds. The van der Waals surface area contributed by atoms with Crippen LogP contribution in [0.3, 0.4) is 0 Å². The first-order chi connectivity index (χ1) is 11.9. The topological polar surface area (TPSA) is 37.4 Å². The van der Waals surface area contributed by atoms with Gasteiger partial charge in [0.1, 0.15) is 0 Å². The van der Waals surface area contributed by atoms with Gasteiger partial charge < -0.3 is 0 Å². The van der Waals surface area contributed by atoms with Gasteiger partial charge in [0, 0.05) is 18.9 Å². The zero-order chi connectivity index (χ0) is 18.4. The van der Waals surface area contributed by atoms with Crippen molar-refractivity contribution in [3.05, 3.63) is 41.3 Å². The van der Waals surface area contributed by atoms with Crippen LogP contribution in [-0.4, -0.2) is 31.6 Å². The van der Waals surface area contributed by atoms with Crippen molar-refractivity contribution in [3.8, 4) is 11.8 Å². The van der Waals surface area contributed by atoms with Gasteiger partial charge in [-0.1, -0.05) is 43.5 Å². The van der Waals surface area contributed by atoms with Crippen LogP contribution in [0.2, 0.25) is 0 Å². The molecule has 0 bridgehead atoms. The van der Waals surface area contributed by atoms with E-state index in [1.54, 1.807) is 28.2 Å². The Morgan fingerprint density at radius 3 is 2.64 bits per heavy atom. The normalized spacial score (nSPS) is 20.9. The molecule has 2 atom stereocenters. The number of rotatable bonds is 6. The maximum atomic E-state index is 13.1. The molecule has 0 saturated carbocycles. The summed E-state index contributed by atoms with van der Waals surface area (Å²) in [6.45, 7) is 8.70. The van der Waals surface area contributed by atoms with Crippen LogP contribution < -0.4 is 0 Å². The second kappa shape index (κ2) is 8.93. The Labute approximate surface area is 156 Å². The van der Waals surface area contributed by atoms with Crippen LogP contribution >= 0.6 is 11.8 Å². The molecule has 0 aromatic heterocycles. The Kier molecular flexibility index (Phi) is 7.18. The lowest BCUT2D eigenvalue weighted by atomic mass is 10.0. The van der Waals surface area contributed by atoms with E-state index in [2.05, 4.69) is 25.3 Å². The smallest absolute Gasteiger partial charge is 0.207 e. The zero-order valence-corrected chi connectivity index (χ0v) is 16.9. The summed E-state index contributed by atoms with van der Waals surface area (Å²) in [5, 5.41) is 0. The Morgan fingerprint density at radius 1 is 1.36 bits per heavy atom. The van der Waals surface area contributed by atoms with Crippen molar-refractivity contribution < 1.29 is 8.42 Å². The largest absolute Gasteiger partial charge is 0.244 e. The lowest BCUT2D eigenvalue weighted by molar-refractivity contribution is 0.421. The van der Waals surface area contributed by atoms with Gasteiger partial charge in [-0.05, 0) is 43.1 Å². The van der Waals surface area contributed by atoms with E-state index in [4.69, 9.17) is 0 Å². The van der Waals surface area contributed by atoms with Gasteiger partial charge in [0.2, 0.25) is 10.0 Å². The molecule has 0 unspecified atom stereocenters. The number of thioether (sulfide) groups is 1. The molecule has 1 aromatic rings. The first-order valence-electron chi connectivity index (χ1n) is 8.71. The summed E-state index contributed by atoms with van der Waals surface area (Å²) in [5.74, 6) is 6.52. The van der Waals surface area contributed by atoms with Gasteiger partial charge in [-0.15, -0.1) is 17.7 Å². The predicted octanol–water partition coefficient (Wildman–Crippen LogP) is 4.44. The zero-order valence-electron chi connectivity index (χ0n) is 15.3. The Balaban J connectivity index is 2.34. The van der Waals surface area contributed by atoms with Crippen molar-refractivity contribution in [2.45, 2.75) is 50.5 Å². The van der Waals surface area contributed by atoms with Gasteiger partial charge in [0.05, 0.1) is 10.9 Å². The highest BCUT2D eigenvalue weighted by Crippen LogP contribution is 2.37. The molecule has 1 heterocycles. The molecule has 5 heteroatoms. The molecular formula is C20H27NO2S2. The standard InChI is InChI=1S/C20H27NO2S2/c1-5-6-7-8-9-20-19(17(3)24-4)14-15-21(20)25(22,23)18-12-10-16(2)11-13-18/h10-13,19-20H,3,5-7,14-15H2,1-2,4H3/t19-,20-/m0/s1. The highest BCUT2D eigenvalue weighted by molar-refractivity contribution is 8.02. The first-order valence-corrected chi connectivity index (χ1v) is 11.4. The fourth-order valence-corrected chi connectivity index (χ4v) is 5.13. The van der Waals surface area contributed by atoms with Crippen LogP contribution in [0.4, 0.5) is 0 Å². The molecule has 1 aliphatic rings.